The number of aliphatic imine (C=N–C) groups is 1. The number of rotatable bonds is 5. The fraction of sp³-hybridized carbons (Fsp3) is 0.188. The zero-order valence-corrected chi connectivity index (χ0v) is 15.6. The molecular formula is C16H18ClFIN3O. The summed E-state index contributed by atoms with van der Waals surface area (Å²) in [5.41, 5.74) is 7.55. The molecule has 0 aliphatic rings. The second kappa shape index (κ2) is 9.57. The predicted octanol–water partition coefficient (Wildman–Crippen LogP) is 4.08. The van der Waals surface area contributed by atoms with E-state index in [0.717, 1.165) is 11.3 Å². The third kappa shape index (κ3) is 6.23. The van der Waals surface area contributed by atoms with Crippen molar-refractivity contribution in [3.8, 4) is 5.75 Å². The van der Waals surface area contributed by atoms with Crippen LogP contribution >= 0.6 is 35.6 Å². The summed E-state index contributed by atoms with van der Waals surface area (Å²) in [5.74, 6) is 0.646. The maximum Gasteiger partial charge on any atom is 0.193 e. The first-order chi connectivity index (χ1) is 10.6. The van der Waals surface area contributed by atoms with Crippen LogP contribution in [0.25, 0.3) is 0 Å². The van der Waals surface area contributed by atoms with Crippen LogP contribution in [-0.2, 0) is 6.42 Å². The van der Waals surface area contributed by atoms with Crippen molar-refractivity contribution < 1.29 is 9.13 Å². The van der Waals surface area contributed by atoms with Crippen LogP contribution in [-0.4, -0.2) is 19.6 Å². The van der Waals surface area contributed by atoms with Crippen molar-refractivity contribution in [2.45, 2.75) is 6.42 Å². The van der Waals surface area contributed by atoms with Gasteiger partial charge in [0.25, 0.3) is 0 Å². The van der Waals surface area contributed by atoms with Crippen molar-refractivity contribution in [3.05, 3.63) is 58.9 Å². The molecule has 0 saturated heterocycles. The van der Waals surface area contributed by atoms with Crippen LogP contribution in [0.5, 0.6) is 5.75 Å². The van der Waals surface area contributed by atoms with E-state index in [9.17, 15) is 4.39 Å². The van der Waals surface area contributed by atoms with E-state index >= 15 is 0 Å². The molecule has 0 aliphatic heterocycles. The van der Waals surface area contributed by atoms with E-state index < -0.39 is 0 Å². The van der Waals surface area contributed by atoms with E-state index in [1.54, 1.807) is 37.4 Å². The zero-order chi connectivity index (χ0) is 15.9. The number of hydrogen-bond donors (Lipinski definition) is 2. The van der Waals surface area contributed by atoms with Gasteiger partial charge in [0.1, 0.15) is 11.6 Å². The molecule has 0 saturated carbocycles. The minimum absolute atomic E-state index is 0. The molecule has 2 rings (SSSR count). The molecular weight excluding hydrogens is 432 g/mol. The number of nitrogens with zero attached hydrogens (tertiary/aromatic N) is 1. The number of nitrogens with one attached hydrogen (secondary N) is 1. The lowest BCUT2D eigenvalue weighted by Gasteiger charge is -2.08. The summed E-state index contributed by atoms with van der Waals surface area (Å²) in [7, 11) is 1.56. The smallest absolute Gasteiger partial charge is 0.193 e. The quantitative estimate of drug-likeness (QED) is 0.411. The number of methoxy groups -OCH3 is 1. The van der Waals surface area contributed by atoms with Gasteiger partial charge in [0.2, 0.25) is 0 Å². The van der Waals surface area contributed by atoms with Gasteiger partial charge in [-0.05, 0) is 42.3 Å². The number of anilines is 1. The number of guanidine groups is 1. The molecule has 0 spiro atoms. The molecule has 3 N–H and O–H groups in total. The van der Waals surface area contributed by atoms with Crippen molar-refractivity contribution in [1.29, 1.82) is 0 Å². The van der Waals surface area contributed by atoms with Crippen molar-refractivity contribution in [2.75, 3.05) is 19.0 Å². The van der Waals surface area contributed by atoms with Crippen molar-refractivity contribution in [2.24, 2.45) is 10.7 Å². The van der Waals surface area contributed by atoms with Crippen LogP contribution in [0.15, 0.2) is 47.5 Å². The first-order valence-corrected chi connectivity index (χ1v) is 7.11. The van der Waals surface area contributed by atoms with E-state index in [0.29, 0.717) is 29.7 Å². The SMILES string of the molecule is COc1ccc(NC(N)=NCCc2ccc(F)cc2)cc1Cl.I. The molecule has 124 valence electrons. The highest BCUT2D eigenvalue weighted by Crippen LogP contribution is 2.26. The third-order valence-corrected chi connectivity index (χ3v) is 3.32. The average Bonchev–Trinajstić information content (AvgIpc) is 2.49. The Morgan fingerprint density at radius 1 is 1.26 bits per heavy atom. The maximum absolute atomic E-state index is 12.8. The Bertz CT molecular complexity index is 665. The van der Waals surface area contributed by atoms with Crippen molar-refractivity contribution in [1.82, 2.24) is 0 Å². The van der Waals surface area contributed by atoms with Gasteiger partial charge in [0.15, 0.2) is 5.96 Å². The highest BCUT2D eigenvalue weighted by molar-refractivity contribution is 14.0. The second-order valence-electron chi connectivity index (χ2n) is 4.62. The summed E-state index contributed by atoms with van der Waals surface area (Å²) in [6, 6.07) is 11.6. The summed E-state index contributed by atoms with van der Waals surface area (Å²) in [5, 5.41) is 3.45. The Labute approximate surface area is 156 Å². The topological polar surface area (TPSA) is 59.6 Å². The minimum atomic E-state index is -0.246. The highest BCUT2D eigenvalue weighted by atomic mass is 127. The van der Waals surface area contributed by atoms with Gasteiger partial charge >= 0.3 is 0 Å². The molecule has 0 radical (unpaired) electrons. The van der Waals surface area contributed by atoms with Gasteiger partial charge in [-0.1, -0.05) is 23.7 Å². The van der Waals surface area contributed by atoms with Gasteiger partial charge in [-0.15, -0.1) is 24.0 Å². The van der Waals surface area contributed by atoms with Gasteiger partial charge in [-0.25, -0.2) is 4.39 Å². The van der Waals surface area contributed by atoms with Crippen molar-refractivity contribution in [3.63, 3.8) is 0 Å². The Kier molecular flexibility index (Phi) is 8.11. The molecule has 0 fully saturated rings. The molecule has 0 unspecified atom stereocenters. The Morgan fingerprint density at radius 2 is 1.96 bits per heavy atom. The van der Waals surface area contributed by atoms with E-state index in [1.165, 1.54) is 12.1 Å². The minimum Gasteiger partial charge on any atom is -0.495 e. The molecule has 0 aromatic heterocycles. The Morgan fingerprint density at radius 3 is 2.57 bits per heavy atom. The molecule has 7 heteroatoms. The Hall–Kier alpha value is -1.54. The highest BCUT2D eigenvalue weighted by Gasteiger charge is 2.02. The van der Waals surface area contributed by atoms with Gasteiger partial charge < -0.3 is 15.8 Å². The fourth-order valence-electron chi connectivity index (χ4n) is 1.89. The summed E-state index contributed by atoms with van der Waals surface area (Å²) in [6.07, 6.45) is 0.687. The van der Waals surface area contributed by atoms with Gasteiger partial charge in [0, 0.05) is 12.2 Å². The summed E-state index contributed by atoms with van der Waals surface area (Å²) in [6.45, 7) is 0.508. The lowest BCUT2D eigenvalue weighted by atomic mass is 10.1. The van der Waals surface area contributed by atoms with Crippen LogP contribution in [0, 0.1) is 5.82 Å². The molecule has 0 atom stereocenters. The number of benzene rings is 2. The summed E-state index contributed by atoms with van der Waals surface area (Å²) >= 11 is 6.03. The number of nitrogens with two attached hydrogens (primary N) is 1. The van der Waals surface area contributed by atoms with Gasteiger partial charge in [0.05, 0.1) is 12.1 Å². The van der Waals surface area contributed by atoms with Crippen LogP contribution in [0.2, 0.25) is 5.02 Å². The van der Waals surface area contributed by atoms with Gasteiger partial charge in [-0.2, -0.15) is 0 Å². The van der Waals surface area contributed by atoms with E-state index in [1.807, 2.05) is 0 Å². The molecule has 23 heavy (non-hydrogen) atoms. The standard InChI is InChI=1S/C16H17ClFN3O.HI/c1-22-15-7-6-13(10-14(15)17)21-16(19)20-9-8-11-2-4-12(18)5-3-11;/h2-7,10H,8-9H2,1H3,(H3,19,20,21);1H. The first-order valence-electron chi connectivity index (χ1n) is 6.73. The molecule has 0 amide bonds. The molecule has 2 aromatic carbocycles. The van der Waals surface area contributed by atoms with Crippen LogP contribution in [0.1, 0.15) is 5.56 Å². The maximum atomic E-state index is 12.8. The van der Waals surface area contributed by atoms with Gasteiger partial charge in [-0.3, -0.25) is 4.99 Å². The van der Waals surface area contributed by atoms with Crippen LogP contribution < -0.4 is 15.8 Å². The fourth-order valence-corrected chi connectivity index (χ4v) is 2.15. The normalized spacial score (nSPS) is 10.8. The van der Waals surface area contributed by atoms with E-state index in [-0.39, 0.29) is 29.8 Å². The van der Waals surface area contributed by atoms with Crippen LogP contribution in [0.3, 0.4) is 0 Å². The predicted molar refractivity (Wildman–Crippen MR) is 104 cm³/mol. The number of halogens is 3. The number of hydrogen-bond acceptors (Lipinski definition) is 2. The zero-order valence-electron chi connectivity index (χ0n) is 12.6. The molecule has 2 aromatic rings. The lowest BCUT2D eigenvalue weighted by Crippen LogP contribution is -2.23. The van der Waals surface area contributed by atoms with E-state index in [4.69, 9.17) is 22.1 Å². The van der Waals surface area contributed by atoms with Crippen LogP contribution in [0.4, 0.5) is 10.1 Å². The average molecular weight is 450 g/mol. The monoisotopic (exact) mass is 449 g/mol. The molecule has 0 bridgehead atoms. The first kappa shape index (κ1) is 19.5. The summed E-state index contributed by atoms with van der Waals surface area (Å²) < 4.78 is 17.9. The molecule has 0 aliphatic carbocycles. The molecule has 0 heterocycles. The molecule has 4 nitrogen and oxygen atoms in total. The largest absolute Gasteiger partial charge is 0.495 e. The Balaban J connectivity index is 0.00000264. The summed E-state index contributed by atoms with van der Waals surface area (Å²) in [4.78, 5) is 4.22. The second-order valence-corrected chi connectivity index (χ2v) is 5.02. The van der Waals surface area contributed by atoms with Crippen molar-refractivity contribution >= 4 is 47.2 Å². The number of ether oxygens (including phenoxy) is 1. The third-order valence-electron chi connectivity index (χ3n) is 3.02. The lowest BCUT2D eigenvalue weighted by molar-refractivity contribution is 0.415. The van der Waals surface area contributed by atoms with E-state index in [2.05, 4.69) is 10.3 Å².